The summed E-state index contributed by atoms with van der Waals surface area (Å²) in [4.78, 5) is 11.5. The van der Waals surface area contributed by atoms with Crippen LogP contribution in [-0.4, -0.2) is 12.5 Å². The van der Waals surface area contributed by atoms with Gasteiger partial charge in [-0.1, -0.05) is 29.8 Å². The van der Waals surface area contributed by atoms with Crippen molar-refractivity contribution >= 4 is 5.91 Å². The van der Waals surface area contributed by atoms with E-state index in [4.69, 9.17) is 0 Å². The van der Waals surface area contributed by atoms with E-state index in [2.05, 4.69) is 11.9 Å². The van der Waals surface area contributed by atoms with Crippen molar-refractivity contribution < 1.29 is 4.79 Å². The van der Waals surface area contributed by atoms with Crippen LogP contribution in [0, 0.1) is 6.92 Å². The van der Waals surface area contributed by atoms with Crippen LogP contribution in [0.1, 0.15) is 22.8 Å². The molecular weight excluding hydrogens is 174 g/mol. The smallest absolute Gasteiger partial charge is 0.251 e. The van der Waals surface area contributed by atoms with Gasteiger partial charge in [0.25, 0.3) is 5.91 Å². The lowest BCUT2D eigenvalue weighted by atomic mass is 10.1. The minimum atomic E-state index is -0.0481. The molecule has 14 heavy (non-hydrogen) atoms. The predicted octanol–water partition coefficient (Wildman–Crippen LogP) is 2.30. The molecule has 0 atom stereocenters. The van der Waals surface area contributed by atoms with Crippen LogP contribution in [0.5, 0.6) is 0 Å². The molecule has 0 aliphatic heterocycles. The summed E-state index contributed by atoms with van der Waals surface area (Å²) in [6.45, 7) is 8.13. The van der Waals surface area contributed by atoms with Crippen LogP contribution in [-0.2, 0) is 0 Å². The van der Waals surface area contributed by atoms with Crippen molar-refractivity contribution in [3.8, 4) is 0 Å². The number of hydrogen-bond acceptors (Lipinski definition) is 1. The fourth-order valence-corrected chi connectivity index (χ4v) is 1.04. The number of rotatable bonds is 3. The van der Waals surface area contributed by atoms with Gasteiger partial charge in [-0.05, 0) is 26.0 Å². The molecule has 0 heterocycles. The molecule has 0 aliphatic carbocycles. The number of carbonyl (C=O) groups is 1. The van der Waals surface area contributed by atoms with Gasteiger partial charge in [-0.25, -0.2) is 0 Å². The highest BCUT2D eigenvalue weighted by molar-refractivity contribution is 5.94. The Morgan fingerprint density at radius 3 is 2.43 bits per heavy atom. The molecule has 74 valence electrons. The van der Waals surface area contributed by atoms with Gasteiger partial charge in [0, 0.05) is 12.1 Å². The van der Waals surface area contributed by atoms with Crippen molar-refractivity contribution in [2.24, 2.45) is 0 Å². The van der Waals surface area contributed by atoms with Gasteiger partial charge in [-0.2, -0.15) is 0 Å². The van der Waals surface area contributed by atoms with Gasteiger partial charge < -0.3 is 5.32 Å². The van der Waals surface area contributed by atoms with Crippen LogP contribution in [0.4, 0.5) is 0 Å². The lowest BCUT2D eigenvalue weighted by Gasteiger charge is -2.04. The number of aryl methyl sites for hydroxylation is 1. The molecule has 0 saturated heterocycles. The topological polar surface area (TPSA) is 29.1 Å². The molecule has 0 radical (unpaired) electrons. The van der Waals surface area contributed by atoms with Crippen LogP contribution in [0.25, 0.3) is 0 Å². The molecule has 1 amide bonds. The Morgan fingerprint density at radius 2 is 1.93 bits per heavy atom. The quantitative estimate of drug-likeness (QED) is 0.726. The largest absolute Gasteiger partial charge is 0.348 e. The number of benzene rings is 1. The van der Waals surface area contributed by atoms with Crippen LogP contribution < -0.4 is 5.32 Å². The zero-order valence-corrected chi connectivity index (χ0v) is 8.63. The summed E-state index contributed by atoms with van der Waals surface area (Å²) in [7, 11) is 0. The summed E-state index contributed by atoms with van der Waals surface area (Å²) in [5.41, 5.74) is 2.80. The Kier molecular flexibility index (Phi) is 3.46. The third kappa shape index (κ3) is 3.05. The second kappa shape index (κ2) is 4.61. The molecule has 0 bridgehead atoms. The molecule has 1 N–H and O–H groups in total. The van der Waals surface area contributed by atoms with Crippen molar-refractivity contribution in [1.82, 2.24) is 5.32 Å². The average molecular weight is 189 g/mol. The molecule has 1 aromatic carbocycles. The molecule has 0 unspecified atom stereocenters. The molecular formula is C12H15NO. The number of carbonyl (C=O) groups excluding carboxylic acids is 1. The van der Waals surface area contributed by atoms with Crippen molar-refractivity contribution in [2.45, 2.75) is 13.8 Å². The van der Waals surface area contributed by atoms with Gasteiger partial charge in [0.15, 0.2) is 0 Å². The second-order valence-electron chi connectivity index (χ2n) is 3.51. The average Bonchev–Trinajstić information content (AvgIpc) is 2.15. The van der Waals surface area contributed by atoms with Crippen molar-refractivity contribution in [3.05, 3.63) is 47.5 Å². The minimum Gasteiger partial charge on any atom is -0.348 e. The van der Waals surface area contributed by atoms with Gasteiger partial charge >= 0.3 is 0 Å². The maximum absolute atomic E-state index is 11.5. The zero-order valence-electron chi connectivity index (χ0n) is 8.63. The highest BCUT2D eigenvalue weighted by Crippen LogP contribution is 2.02. The lowest BCUT2D eigenvalue weighted by molar-refractivity contribution is 0.0957. The van der Waals surface area contributed by atoms with Crippen LogP contribution in [0.3, 0.4) is 0 Å². The zero-order chi connectivity index (χ0) is 10.6. The van der Waals surface area contributed by atoms with E-state index in [1.54, 1.807) is 0 Å². The first kappa shape index (κ1) is 10.5. The number of hydrogen-bond donors (Lipinski definition) is 1. The Bertz CT molecular complexity index is 338. The summed E-state index contributed by atoms with van der Waals surface area (Å²) in [6, 6.07) is 7.50. The third-order valence-electron chi connectivity index (χ3n) is 1.86. The molecule has 0 aromatic heterocycles. The molecule has 0 saturated carbocycles. The first-order chi connectivity index (χ1) is 6.59. The van der Waals surface area contributed by atoms with E-state index in [9.17, 15) is 4.79 Å². The molecule has 2 heteroatoms. The highest BCUT2D eigenvalue weighted by Gasteiger charge is 2.02. The van der Waals surface area contributed by atoms with Gasteiger partial charge in [-0.15, -0.1) is 0 Å². The Labute approximate surface area is 84.6 Å². The fourth-order valence-electron chi connectivity index (χ4n) is 1.04. The van der Waals surface area contributed by atoms with Crippen molar-refractivity contribution in [2.75, 3.05) is 6.54 Å². The van der Waals surface area contributed by atoms with Crippen molar-refractivity contribution in [1.29, 1.82) is 0 Å². The van der Waals surface area contributed by atoms with E-state index in [-0.39, 0.29) is 5.91 Å². The van der Waals surface area contributed by atoms with E-state index in [1.807, 2.05) is 38.1 Å². The van der Waals surface area contributed by atoms with Crippen LogP contribution in [0.2, 0.25) is 0 Å². The number of amides is 1. The molecule has 0 spiro atoms. The maximum Gasteiger partial charge on any atom is 0.251 e. The molecule has 0 aliphatic rings. The molecule has 0 fully saturated rings. The fraction of sp³-hybridized carbons (Fsp3) is 0.250. The Hall–Kier alpha value is -1.57. The van der Waals surface area contributed by atoms with E-state index in [0.717, 1.165) is 11.1 Å². The van der Waals surface area contributed by atoms with Crippen molar-refractivity contribution in [3.63, 3.8) is 0 Å². The normalized spacial score (nSPS) is 9.57. The monoisotopic (exact) mass is 189 g/mol. The maximum atomic E-state index is 11.5. The number of nitrogens with one attached hydrogen (secondary N) is 1. The third-order valence-corrected chi connectivity index (χ3v) is 1.86. The summed E-state index contributed by atoms with van der Waals surface area (Å²) in [5.74, 6) is -0.0481. The summed E-state index contributed by atoms with van der Waals surface area (Å²) in [6.07, 6.45) is 0. The van der Waals surface area contributed by atoms with Gasteiger partial charge in [-0.3, -0.25) is 4.79 Å². The lowest BCUT2D eigenvalue weighted by Crippen LogP contribution is -2.24. The first-order valence-corrected chi connectivity index (χ1v) is 4.59. The summed E-state index contributed by atoms with van der Waals surface area (Å²) < 4.78 is 0. The summed E-state index contributed by atoms with van der Waals surface area (Å²) >= 11 is 0. The van der Waals surface area contributed by atoms with Gasteiger partial charge in [0.1, 0.15) is 0 Å². The van der Waals surface area contributed by atoms with Gasteiger partial charge in [0.05, 0.1) is 0 Å². The summed E-state index contributed by atoms with van der Waals surface area (Å²) in [5, 5.41) is 2.78. The Balaban J connectivity index is 2.61. The first-order valence-electron chi connectivity index (χ1n) is 4.59. The van der Waals surface area contributed by atoms with E-state index in [0.29, 0.717) is 12.1 Å². The molecule has 1 rings (SSSR count). The van der Waals surface area contributed by atoms with Crippen LogP contribution >= 0.6 is 0 Å². The Morgan fingerprint density at radius 1 is 1.36 bits per heavy atom. The SMILES string of the molecule is C=C(C)CNC(=O)c1ccc(C)cc1. The van der Waals surface area contributed by atoms with Gasteiger partial charge in [0.2, 0.25) is 0 Å². The predicted molar refractivity (Wildman–Crippen MR) is 58.3 cm³/mol. The standard InChI is InChI=1S/C12H15NO/c1-9(2)8-13-12(14)11-6-4-10(3)5-7-11/h4-7H,1,8H2,2-3H3,(H,13,14). The second-order valence-corrected chi connectivity index (χ2v) is 3.51. The van der Waals surface area contributed by atoms with E-state index < -0.39 is 0 Å². The van der Waals surface area contributed by atoms with Crippen LogP contribution in [0.15, 0.2) is 36.4 Å². The van der Waals surface area contributed by atoms with E-state index in [1.165, 1.54) is 0 Å². The molecule has 2 nitrogen and oxygen atoms in total. The highest BCUT2D eigenvalue weighted by atomic mass is 16.1. The van der Waals surface area contributed by atoms with E-state index >= 15 is 0 Å². The molecule has 1 aromatic rings. The minimum absolute atomic E-state index is 0.0481.